The van der Waals surface area contributed by atoms with Gasteiger partial charge in [-0.25, -0.2) is 4.39 Å². The van der Waals surface area contributed by atoms with Crippen molar-refractivity contribution < 1.29 is 9.50 Å². The average Bonchev–Trinajstić information content (AvgIpc) is 2.44. The quantitative estimate of drug-likeness (QED) is 0.847. The Hall–Kier alpha value is -0.680. The number of hydrogen-bond donors (Lipinski definition) is 2. The molecule has 21 heavy (non-hydrogen) atoms. The number of β-amino-alcohol motifs (C(OH)–C–C–N with tert-alkyl or cyclic N) is 1. The van der Waals surface area contributed by atoms with Gasteiger partial charge in [0.05, 0.1) is 11.1 Å². The predicted octanol–water partition coefficient (Wildman–Crippen LogP) is 2.66. The van der Waals surface area contributed by atoms with Crippen LogP contribution in [0.4, 0.5) is 4.39 Å². The van der Waals surface area contributed by atoms with Crippen LogP contribution in [0.5, 0.6) is 0 Å². The highest BCUT2D eigenvalue weighted by atomic mass is 35.5. The number of aliphatic hydroxyl groups is 1. The second kappa shape index (κ2) is 8.08. The molecule has 1 unspecified atom stereocenters. The standard InChI is InChI=1S/C16H24ClFN2O/c1-12(21)11-20-6-4-13(5-7-20)9-19-10-14-2-3-15(17)16(18)8-14/h2-3,8,12-13,19,21H,4-7,9-11H2,1H3. The second-order valence-corrected chi connectivity index (χ2v) is 6.38. The van der Waals surface area contributed by atoms with Crippen molar-refractivity contribution in [3.05, 3.63) is 34.6 Å². The van der Waals surface area contributed by atoms with Crippen molar-refractivity contribution in [1.29, 1.82) is 0 Å². The van der Waals surface area contributed by atoms with E-state index in [0.717, 1.165) is 44.6 Å². The van der Waals surface area contributed by atoms with E-state index in [1.165, 1.54) is 6.07 Å². The maximum atomic E-state index is 13.3. The number of piperidine rings is 1. The van der Waals surface area contributed by atoms with Gasteiger partial charge in [-0.2, -0.15) is 0 Å². The van der Waals surface area contributed by atoms with E-state index < -0.39 is 0 Å². The highest BCUT2D eigenvalue weighted by molar-refractivity contribution is 6.30. The Morgan fingerprint density at radius 3 is 2.76 bits per heavy atom. The molecule has 1 atom stereocenters. The first-order valence-corrected chi connectivity index (χ1v) is 7.97. The number of halogens is 2. The van der Waals surface area contributed by atoms with Gasteiger partial charge in [0, 0.05) is 13.1 Å². The largest absolute Gasteiger partial charge is 0.392 e. The molecule has 0 bridgehead atoms. The Balaban J connectivity index is 1.67. The lowest BCUT2D eigenvalue weighted by molar-refractivity contribution is 0.0998. The zero-order chi connectivity index (χ0) is 15.2. The maximum Gasteiger partial charge on any atom is 0.142 e. The summed E-state index contributed by atoms with van der Waals surface area (Å²) in [6, 6.07) is 4.94. The molecule has 2 rings (SSSR count). The molecular weight excluding hydrogens is 291 g/mol. The third-order valence-corrected chi connectivity index (χ3v) is 4.28. The first kappa shape index (κ1) is 16.7. The third kappa shape index (κ3) is 5.55. The number of likely N-dealkylation sites (tertiary alicyclic amines) is 1. The summed E-state index contributed by atoms with van der Waals surface area (Å²) in [6.45, 7) is 6.32. The second-order valence-electron chi connectivity index (χ2n) is 5.97. The van der Waals surface area contributed by atoms with E-state index in [1.54, 1.807) is 6.07 Å². The molecular formula is C16H24ClFN2O. The summed E-state index contributed by atoms with van der Waals surface area (Å²) in [5.41, 5.74) is 0.920. The van der Waals surface area contributed by atoms with Gasteiger partial charge in [0.2, 0.25) is 0 Å². The van der Waals surface area contributed by atoms with E-state index in [4.69, 9.17) is 11.6 Å². The maximum absolute atomic E-state index is 13.3. The van der Waals surface area contributed by atoms with Crippen LogP contribution in [0.25, 0.3) is 0 Å². The monoisotopic (exact) mass is 314 g/mol. The van der Waals surface area contributed by atoms with Gasteiger partial charge in [0.1, 0.15) is 5.82 Å². The molecule has 1 aliphatic rings. The molecule has 0 aliphatic carbocycles. The molecule has 1 saturated heterocycles. The summed E-state index contributed by atoms with van der Waals surface area (Å²) < 4.78 is 13.3. The van der Waals surface area contributed by atoms with Crippen LogP contribution in [0.1, 0.15) is 25.3 Å². The van der Waals surface area contributed by atoms with Crippen molar-refractivity contribution in [2.45, 2.75) is 32.4 Å². The van der Waals surface area contributed by atoms with E-state index in [2.05, 4.69) is 10.2 Å². The Morgan fingerprint density at radius 2 is 2.14 bits per heavy atom. The summed E-state index contributed by atoms with van der Waals surface area (Å²) in [4.78, 5) is 2.32. The molecule has 1 aromatic carbocycles. The van der Waals surface area contributed by atoms with Crippen LogP contribution in [0, 0.1) is 11.7 Å². The lowest BCUT2D eigenvalue weighted by Gasteiger charge is -2.32. The van der Waals surface area contributed by atoms with Gasteiger partial charge in [0.25, 0.3) is 0 Å². The Kier molecular flexibility index (Phi) is 6.42. The zero-order valence-electron chi connectivity index (χ0n) is 12.5. The molecule has 5 heteroatoms. The minimum Gasteiger partial charge on any atom is -0.392 e. The van der Waals surface area contributed by atoms with E-state index in [1.807, 2.05) is 13.0 Å². The molecule has 1 fully saturated rings. The number of rotatable bonds is 6. The fourth-order valence-electron chi connectivity index (χ4n) is 2.82. The number of nitrogens with zero attached hydrogens (tertiary/aromatic N) is 1. The molecule has 1 aliphatic heterocycles. The van der Waals surface area contributed by atoms with Crippen molar-refractivity contribution in [1.82, 2.24) is 10.2 Å². The summed E-state index contributed by atoms with van der Waals surface area (Å²) in [7, 11) is 0. The van der Waals surface area contributed by atoms with Crippen molar-refractivity contribution in [2.24, 2.45) is 5.92 Å². The van der Waals surface area contributed by atoms with Gasteiger partial charge in [-0.1, -0.05) is 17.7 Å². The molecule has 0 saturated carbocycles. The van der Waals surface area contributed by atoms with Crippen LogP contribution in [0.3, 0.4) is 0 Å². The zero-order valence-corrected chi connectivity index (χ0v) is 13.2. The summed E-state index contributed by atoms with van der Waals surface area (Å²) >= 11 is 5.67. The molecule has 0 spiro atoms. The molecule has 118 valence electrons. The summed E-state index contributed by atoms with van der Waals surface area (Å²) in [5.74, 6) is 0.301. The lowest BCUT2D eigenvalue weighted by Crippen LogP contribution is -2.40. The molecule has 1 heterocycles. The van der Waals surface area contributed by atoms with Crippen LogP contribution >= 0.6 is 11.6 Å². The highest BCUT2D eigenvalue weighted by Crippen LogP contribution is 2.18. The fourth-order valence-corrected chi connectivity index (χ4v) is 2.93. The van der Waals surface area contributed by atoms with Crippen molar-refractivity contribution in [3.8, 4) is 0 Å². The molecule has 0 radical (unpaired) electrons. The van der Waals surface area contributed by atoms with Gasteiger partial charge in [-0.05, 0) is 63.0 Å². The topological polar surface area (TPSA) is 35.5 Å². The predicted molar refractivity (Wildman–Crippen MR) is 84.0 cm³/mol. The lowest BCUT2D eigenvalue weighted by atomic mass is 9.96. The van der Waals surface area contributed by atoms with Crippen LogP contribution in [0.15, 0.2) is 18.2 Å². The number of hydrogen-bond acceptors (Lipinski definition) is 3. The smallest absolute Gasteiger partial charge is 0.142 e. The minimum absolute atomic E-state index is 0.171. The Bertz CT molecular complexity index is 448. The van der Waals surface area contributed by atoms with E-state index >= 15 is 0 Å². The van der Waals surface area contributed by atoms with Crippen LogP contribution in [-0.4, -0.2) is 42.3 Å². The fraction of sp³-hybridized carbons (Fsp3) is 0.625. The van der Waals surface area contributed by atoms with E-state index in [9.17, 15) is 9.50 Å². The average molecular weight is 315 g/mol. The van der Waals surface area contributed by atoms with Gasteiger partial charge < -0.3 is 15.3 Å². The Morgan fingerprint density at radius 1 is 1.43 bits per heavy atom. The van der Waals surface area contributed by atoms with Crippen LogP contribution < -0.4 is 5.32 Å². The van der Waals surface area contributed by atoms with E-state index in [0.29, 0.717) is 12.5 Å². The van der Waals surface area contributed by atoms with Gasteiger partial charge in [0.15, 0.2) is 0 Å². The summed E-state index contributed by atoms with van der Waals surface area (Å²) in [6.07, 6.45) is 2.04. The van der Waals surface area contributed by atoms with Crippen LogP contribution in [0.2, 0.25) is 5.02 Å². The SMILES string of the molecule is CC(O)CN1CCC(CNCc2ccc(Cl)c(F)c2)CC1. The van der Waals surface area contributed by atoms with Crippen molar-refractivity contribution in [3.63, 3.8) is 0 Å². The summed E-state index contributed by atoms with van der Waals surface area (Å²) in [5, 5.41) is 13.0. The first-order valence-electron chi connectivity index (χ1n) is 7.59. The van der Waals surface area contributed by atoms with Gasteiger partial charge >= 0.3 is 0 Å². The minimum atomic E-state index is -0.359. The molecule has 3 nitrogen and oxygen atoms in total. The highest BCUT2D eigenvalue weighted by Gasteiger charge is 2.19. The normalized spacial score (nSPS) is 18.9. The van der Waals surface area contributed by atoms with E-state index in [-0.39, 0.29) is 16.9 Å². The number of nitrogens with one attached hydrogen (secondary N) is 1. The number of aliphatic hydroxyl groups excluding tert-OH is 1. The molecule has 2 N–H and O–H groups in total. The Labute approximate surface area is 131 Å². The third-order valence-electron chi connectivity index (χ3n) is 3.98. The van der Waals surface area contributed by atoms with Gasteiger partial charge in [-0.3, -0.25) is 0 Å². The molecule has 1 aromatic rings. The van der Waals surface area contributed by atoms with Crippen molar-refractivity contribution >= 4 is 11.6 Å². The molecule has 0 amide bonds. The van der Waals surface area contributed by atoms with Crippen molar-refractivity contribution in [2.75, 3.05) is 26.2 Å². The number of benzene rings is 1. The van der Waals surface area contributed by atoms with Crippen LogP contribution in [-0.2, 0) is 6.54 Å². The van der Waals surface area contributed by atoms with Gasteiger partial charge in [-0.15, -0.1) is 0 Å². The molecule has 0 aromatic heterocycles. The first-order chi connectivity index (χ1) is 10.0.